The average molecular weight is 289 g/mol. The molecule has 0 aliphatic rings. The summed E-state index contributed by atoms with van der Waals surface area (Å²) in [7, 11) is 0. The second-order valence-electron chi connectivity index (χ2n) is 3.78. The van der Waals surface area contributed by atoms with Gasteiger partial charge in [-0.25, -0.2) is 0 Å². The molecule has 1 aromatic carbocycles. The molecule has 0 spiro atoms. The van der Waals surface area contributed by atoms with Gasteiger partial charge in [-0.05, 0) is 12.1 Å². The third-order valence-electron chi connectivity index (χ3n) is 2.44. The van der Waals surface area contributed by atoms with Crippen LogP contribution in [0, 0.1) is 0 Å². The van der Waals surface area contributed by atoms with Crippen LogP contribution < -0.4 is 17.2 Å². The van der Waals surface area contributed by atoms with Gasteiger partial charge in [0.15, 0.2) is 0 Å². The highest BCUT2D eigenvalue weighted by Crippen LogP contribution is 2.52. The first kappa shape index (κ1) is 15.2. The van der Waals surface area contributed by atoms with E-state index >= 15 is 0 Å². The third kappa shape index (κ3) is 2.23. The van der Waals surface area contributed by atoms with Gasteiger partial charge in [-0.2, -0.15) is 26.3 Å². The first-order chi connectivity index (χ1) is 8.32. The molecule has 1 aromatic rings. The van der Waals surface area contributed by atoms with Gasteiger partial charge in [-0.1, -0.05) is 0 Å². The summed E-state index contributed by atoms with van der Waals surface area (Å²) < 4.78 is 75.7. The van der Waals surface area contributed by atoms with Gasteiger partial charge in [-0.15, -0.1) is 0 Å². The van der Waals surface area contributed by atoms with Crippen molar-refractivity contribution in [3.8, 4) is 0 Å². The maximum Gasteiger partial charge on any atom is 0.430 e. The summed E-state index contributed by atoms with van der Waals surface area (Å²) in [5, 5.41) is 9.14. The molecule has 4 nitrogen and oxygen atoms in total. The van der Waals surface area contributed by atoms with Crippen molar-refractivity contribution in [3.05, 3.63) is 17.7 Å². The fraction of sp³-hybridized carbons (Fsp3) is 0.333. The van der Waals surface area contributed by atoms with Gasteiger partial charge in [0.05, 0.1) is 11.4 Å². The number of hydrogen-bond donors (Lipinski definition) is 4. The topological polar surface area (TPSA) is 98.3 Å². The Balaban J connectivity index is 3.71. The minimum absolute atomic E-state index is 0.284. The van der Waals surface area contributed by atoms with Gasteiger partial charge in [0.1, 0.15) is 0 Å². The Kier molecular flexibility index (Phi) is 3.27. The quantitative estimate of drug-likeness (QED) is 0.467. The fourth-order valence-corrected chi connectivity index (χ4v) is 1.46. The first-order valence-electron chi connectivity index (χ1n) is 4.63. The zero-order valence-corrected chi connectivity index (χ0v) is 9.10. The number of alkyl halides is 6. The summed E-state index contributed by atoms with van der Waals surface area (Å²) in [6.45, 7) is 0. The predicted octanol–water partition coefficient (Wildman–Crippen LogP) is 1.75. The molecule has 0 heterocycles. The van der Waals surface area contributed by atoms with E-state index in [2.05, 4.69) is 0 Å². The van der Waals surface area contributed by atoms with Crippen LogP contribution in [0.25, 0.3) is 0 Å². The molecule has 0 saturated carbocycles. The molecule has 1 rings (SSSR count). The van der Waals surface area contributed by atoms with E-state index in [-0.39, 0.29) is 6.07 Å². The number of nitrogen functional groups attached to an aromatic ring is 3. The minimum atomic E-state index is -6.04. The van der Waals surface area contributed by atoms with Gasteiger partial charge >= 0.3 is 12.4 Å². The molecule has 0 atom stereocenters. The Hall–Kier alpha value is -1.84. The van der Waals surface area contributed by atoms with Crippen LogP contribution in [0.2, 0.25) is 0 Å². The summed E-state index contributed by atoms with van der Waals surface area (Å²) >= 11 is 0. The van der Waals surface area contributed by atoms with Crippen molar-refractivity contribution in [2.45, 2.75) is 18.0 Å². The molecule has 0 unspecified atom stereocenters. The molecule has 10 heteroatoms. The summed E-state index contributed by atoms with van der Waals surface area (Å²) in [6.07, 6.45) is -12.1. The molecule has 19 heavy (non-hydrogen) atoms. The van der Waals surface area contributed by atoms with E-state index in [9.17, 15) is 26.3 Å². The maximum atomic E-state index is 12.6. The van der Waals surface area contributed by atoms with Crippen molar-refractivity contribution in [1.29, 1.82) is 0 Å². The normalized spacial score (nSPS) is 13.6. The van der Waals surface area contributed by atoms with Gasteiger partial charge in [0.25, 0.3) is 5.60 Å². The van der Waals surface area contributed by atoms with E-state index in [0.717, 1.165) is 6.07 Å². The van der Waals surface area contributed by atoms with E-state index in [0.29, 0.717) is 0 Å². The average Bonchev–Trinajstić information content (AvgIpc) is 2.18. The molecule has 0 amide bonds. The Morgan fingerprint density at radius 2 is 1.26 bits per heavy atom. The molecule has 0 aromatic heterocycles. The maximum absolute atomic E-state index is 12.6. The lowest BCUT2D eigenvalue weighted by Gasteiger charge is -2.33. The summed E-state index contributed by atoms with van der Waals surface area (Å²) in [5.74, 6) is 0. The van der Waals surface area contributed by atoms with E-state index in [4.69, 9.17) is 22.3 Å². The van der Waals surface area contributed by atoms with Crippen molar-refractivity contribution < 1.29 is 31.4 Å². The van der Waals surface area contributed by atoms with Crippen molar-refractivity contribution in [2.75, 3.05) is 17.2 Å². The lowest BCUT2D eigenvalue weighted by Crippen LogP contribution is -2.54. The monoisotopic (exact) mass is 289 g/mol. The Bertz CT molecular complexity index is 482. The van der Waals surface area contributed by atoms with E-state index in [1.54, 1.807) is 0 Å². The second kappa shape index (κ2) is 4.08. The van der Waals surface area contributed by atoms with Crippen LogP contribution >= 0.6 is 0 Å². The smallest absolute Gasteiger partial charge is 0.399 e. The zero-order valence-electron chi connectivity index (χ0n) is 9.10. The van der Waals surface area contributed by atoms with Crippen LogP contribution in [0.3, 0.4) is 0 Å². The second-order valence-corrected chi connectivity index (χ2v) is 3.78. The summed E-state index contributed by atoms with van der Waals surface area (Å²) in [4.78, 5) is 0. The highest BCUT2D eigenvalue weighted by atomic mass is 19.4. The van der Waals surface area contributed by atoms with E-state index in [1.165, 1.54) is 0 Å². The van der Waals surface area contributed by atoms with E-state index in [1.807, 2.05) is 0 Å². The predicted molar refractivity (Wildman–Crippen MR) is 55.7 cm³/mol. The fourth-order valence-electron chi connectivity index (χ4n) is 1.46. The molecule has 7 N–H and O–H groups in total. The van der Waals surface area contributed by atoms with Crippen molar-refractivity contribution >= 4 is 17.1 Å². The van der Waals surface area contributed by atoms with Crippen LogP contribution in [0.1, 0.15) is 5.56 Å². The van der Waals surface area contributed by atoms with Gasteiger partial charge < -0.3 is 22.3 Å². The SMILES string of the molecule is Nc1cc(N)c(N)c(C(O)(C(F)(F)F)C(F)(F)F)c1. The third-order valence-corrected chi connectivity index (χ3v) is 2.44. The van der Waals surface area contributed by atoms with Gasteiger partial charge in [0.2, 0.25) is 0 Å². The van der Waals surface area contributed by atoms with Crippen LogP contribution in [0.4, 0.5) is 43.4 Å². The van der Waals surface area contributed by atoms with Gasteiger partial charge in [-0.3, -0.25) is 0 Å². The number of anilines is 3. The number of aliphatic hydroxyl groups is 1. The molecular formula is C9H9F6N3O. The largest absolute Gasteiger partial charge is 0.430 e. The van der Waals surface area contributed by atoms with E-state index < -0.39 is 40.6 Å². The Labute approximate surface area is 102 Å². The standard InChI is InChI=1S/C9H9F6N3O/c10-8(11,12)7(19,9(13,14)15)4-1-3(16)2-5(17)6(4)18/h1-2,19H,16-18H2. The highest BCUT2D eigenvalue weighted by Gasteiger charge is 2.72. The zero-order chi connectivity index (χ0) is 15.2. The Morgan fingerprint density at radius 3 is 1.63 bits per heavy atom. The number of rotatable bonds is 1. The van der Waals surface area contributed by atoms with Crippen molar-refractivity contribution in [3.63, 3.8) is 0 Å². The molecular weight excluding hydrogens is 280 g/mol. The molecule has 0 aliphatic carbocycles. The number of halogens is 6. The number of hydrogen-bond acceptors (Lipinski definition) is 4. The van der Waals surface area contributed by atoms with Gasteiger partial charge in [0, 0.05) is 11.3 Å². The molecule has 0 saturated heterocycles. The minimum Gasteiger partial charge on any atom is -0.399 e. The van der Waals surface area contributed by atoms with Crippen LogP contribution in [0.15, 0.2) is 12.1 Å². The lowest BCUT2D eigenvalue weighted by molar-refractivity contribution is -0.375. The van der Waals surface area contributed by atoms with Crippen molar-refractivity contribution in [1.82, 2.24) is 0 Å². The van der Waals surface area contributed by atoms with Crippen LogP contribution in [0.5, 0.6) is 0 Å². The number of nitrogens with two attached hydrogens (primary N) is 3. The molecule has 0 fully saturated rings. The molecule has 108 valence electrons. The number of benzene rings is 1. The summed E-state index contributed by atoms with van der Waals surface area (Å²) in [6, 6.07) is 1.17. The lowest BCUT2D eigenvalue weighted by atomic mass is 9.90. The molecule has 0 radical (unpaired) electrons. The molecule has 0 bridgehead atoms. The Morgan fingerprint density at radius 1 is 0.842 bits per heavy atom. The highest BCUT2D eigenvalue weighted by molar-refractivity contribution is 5.74. The first-order valence-corrected chi connectivity index (χ1v) is 4.63. The van der Waals surface area contributed by atoms with Crippen LogP contribution in [-0.2, 0) is 5.60 Å². The van der Waals surface area contributed by atoms with Crippen molar-refractivity contribution in [2.24, 2.45) is 0 Å². The summed E-state index contributed by atoms with van der Waals surface area (Å²) in [5.41, 5.74) is 6.46. The van der Waals surface area contributed by atoms with Crippen LogP contribution in [-0.4, -0.2) is 17.5 Å². The molecule has 0 aliphatic heterocycles.